The minimum atomic E-state index is 0.677. The fourth-order valence-corrected chi connectivity index (χ4v) is 2.12. The van der Waals surface area contributed by atoms with Gasteiger partial charge in [0.15, 0.2) is 0 Å². The highest BCUT2D eigenvalue weighted by Crippen LogP contribution is 2.33. The summed E-state index contributed by atoms with van der Waals surface area (Å²) in [6.07, 6.45) is 1.96. The van der Waals surface area contributed by atoms with Crippen LogP contribution in [0, 0.1) is 0 Å². The molecule has 0 spiro atoms. The molecule has 1 heterocycles. The van der Waals surface area contributed by atoms with Gasteiger partial charge in [-0.05, 0) is 23.1 Å². The molecule has 0 aliphatic carbocycles. The molecular weight excluding hydrogens is 194 g/mol. The number of anilines is 1. The molecule has 0 unspecified atom stereocenters. The average molecular weight is 202 g/mol. The Kier molecular flexibility index (Phi) is 1.55. The molecule has 1 N–H and O–H groups in total. The highest BCUT2D eigenvalue weighted by molar-refractivity contribution is 6.34. The van der Waals surface area contributed by atoms with Gasteiger partial charge in [0, 0.05) is 11.1 Å². The Morgan fingerprint density at radius 3 is 2.64 bits per heavy atom. The molecule has 0 radical (unpaired) electrons. The third-order valence-electron chi connectivity index (χ3n) is 2.47. The molecule has 2 heteroatoms. The zero-order valence-electron chi connectivity index (χ0n) is 7.42. The largest absolute Gasteiger partial charge is 0.346 e. The number of nitrogens with one attached hydrogen (secondary N) is 1. The van der Waals surface area contributed by atoms with Gasteiger partial charge in [0.05, 0.1) is 0 Å². The molecule has 1 aliphatic heterocycles. The fourth-order valence-electron chi connectivity index (χ4n) is 1.90. The Morgan fingerprint density at radius 1 is 1.00 bits per heavy atom. The highest BCUT2D eigenvalue weighted by atomic mass is 35.5. The Morgan fingerprint density at radius 2 is 1.79 bits per heavy atom. The van der Waals surface area contributed by atoms with Crippen LogP contribution < -0.4 is 5.32 Å². The third kappa shape index (κ3) is 1.03. The standard InChI is InChI=1S/C12H8ClN/c13-11-7-9-5-1-3-8-4-2-6-10(14-11)12(8)9/h1-7,14H. The van der Waals surface area contributed by atoms with E-state index in [1.54, 1.807) is 0 Å². The van der Waals surface area contributed by atoms with Gasteiger partial charge in [-0.25, -0.2) is 0 Å². The summed E-state index contributed by atoms with van der Waals surface area (Å²) in [5.41, 5.74) is 2.27. The van der Waals surface area contributed by atoms with E-state index in [0.717, 1.165) is 5.69 Å². The second-order valence-corrected chi connectivity index (χ2v) is 3.78. The smallest absolute Gasteiger partial charge is 0.107 e. The van der Waals surface area contributed by atoms with Gasteiger partial charge in [0.2, 0.25) is 0 Å². The average Bonchev–Trinajstić information content (AvgIpc) is 2.18. The van der Waals surface area contributed by atoms with Gasteiger partial charge < -0.3 is 5.32 Å². The quantitative estimate of drug-likeness (QED) is 0.640. The number of halogens is 1. The van der Waals surface area contributed by atoms with Crippen LogP contribution in [0.25, 0.3) is 16.8 Å². The molecule has 0 atom stereocenters. The molecule has 68 valence electrons. The summed E-state index contributed by atoms with van der Waals surface area (Å²) in [5, 5.41) is 6.32. The lowest BCUT2D eigenvalue weighted by Gasteiger charge is -2.16. The molecule has 3 rings (SSSR count). The van der Waals surface area contributed by atoms with Crippen molar-refractivity contribution in [2.75, 3.05) is 5.32 Å². The molecule has 0 saturated carbocycles. The molecule has 0 aromatic heterocycles. The lowest BCUT2D eigenvalue weighted by molar-refractivity contribution is 1.56. The van der Waals surface area contributed by atoms with Gasteiger partial charge in [0.25, 0.3) is 0 Å². The van der Waals surface area contributed by atoms with E-state index < -0.39 is 0 Å². The Balaban J connectivity index is 2.50. The third-order valence-corrected chi connectivity index (χ3v) is 2.68. The summed E-state index contributed by atoms with van der Waals surface area (Å²) in [4.78, 5) is 0. The second-order valence-electron chi connectivity index (χ2n) is 3.37. The van der Waals surface area contributed by atoms with Gasteiger partial charge in [-0.2, -0.15) is 0 Å². The van der Waals surface area contributed by atoms with Crippen LogP contribution in [0.15, 0.2) is 41.6 Å². The molecule has 1 nitrogen and oxygen atoms in total. The summed E-state index contributed by atoms with van der Waals surface area (Å²) in [7, 11) is 0. The number of hydrogen-bond donors (Lipinski definition) is 1. The topological polar surface area (TPSA) is 12.0 Å². The molecule has 0 saturated heterocycles. The van der Waals surface area contributed by atoms with Crippen LogP contribution in [0.3, 0.4) is 0 Å². The zero-order chi connectivity index (χ0) is 9.54. The van der Waals surface area contributed by atoms with Gasteiger partial charge in [-0.1, -0.05) is 41.9 Å². The van der Waals surface area contributed by atoms with Crippen molar-refractivity contribution in [3.63, 3.8) is 0 Å². The molecule has 0 fully saturated rings. The van der Waals surface area contributed by atoms with E-state index in [1.807, 2.05) is 24.3 Å². The van der Waals surface area contributed by atoms with Crippen LogP contribution in [0.1, 0.15) is 5.56 Å². The SMILES string of the molecule is ClC1=Cc2cccc3cccc(c23)N1. The Hall–Kier alpha value is -1.47. The van der Waals surface area contributed by atoms with E-state index in [9.17, 15) is 0 Å². The molecular formula is C12H8ClN. The second kappa shape index (κ2) is 2.76. The maximum absolute atomic E-state index is 5.98. The first-order valence-corrected chi connectivity index (χ1v) is 4.88. The zero-order valence-corrected chi connectivity index (χ0v) is 8.18. The van der Waals surface area contributed by atoms with Crippen LogP contribution in [0.5, 0.6) is 0 Å². The first kappa shape index (κ1) is 7.89. The lowest BCUT2D eigenvalue weighted by atomic mass is 10.0. The van der Waals surface area contributed by atoms with Crippen molar-refractivity contribution in [1.82, 2.24) is 0 Å². The van der Waals surface area contributed by atoms with Crippen molar-refractivity contribution in [3.8, 4) is 0 Å². The van der Waals surface area contributed by atoms with Crippen molar-refractivity contribution in [2.24, 2.45) is 0 Å². The highest BCUT2D eigenvalue weighted by Gasteiger charge is 2.10. The molecule has 14 heavy (non-hydrogen) atoms. The monoisotopic (exact) mass is 201 g/mol. The van der Waals surface area contributed by atoms with E-state index in [4.69, 9.17) is 11.6 Å². The van der Waals surface area contributed by atoms with E-state index in [0.29, 0.717) is 5.16 Å². The van der Waals surface area contributed by atoms with Crippen LogP contribution in [-0.2, 0) is 0 Å². The number of benzene rings is 2. The summed E-state index contributed by atoms with van der Waals surface area (Å²) in [6, 6.07) is 12.4. The maximum atomic E-state index is 5.98. The molecule has 2 aromatic carbocycles. The number of rotatable bonds is 0. The van der Waals surface area contributed by atoms with E-state index in [2.05, 4.69) is 23.5 Å². The van der Waals surface area contributed by atoms with Crippen molar-refractivity contribution in [1.29, 1.82) is 0 Å². The summed E-state index contributed by atoms with van der Waals surface area (Å²) in [5.74, 6) is 0. The van der Waals surface area contributed by atoms with Crippen molar-refractivity contribution in [2.45, 2.75) is 0 Å². The first-order valence-electron chi connectivity index (χ1n) is 4.50. The van der Waals surface area contributed by atoms with Crippen LogP contribution in [-0.4, -0.2) is 0 Å². The summed E-state index contributed by atoms with van der Waals surface area (Å²) < 4.78 is 0. The van der Waals surface area contributed by atoms with Crippen LogP contribution >= 0.6 is 11.6 Å². The van der Waals surface area contributed by atoms with Gasteiger partial charge in [0.1, 0.15) is 5.16 Å². The van der Waals surface area contributed by atoms with E-state index in [1.165, 1.54) is 16.3 Å². The van der Waals surface area contributed by atoms with Crippen molar-refractivity contribution in [3.05, 3.63) is 47.1 Å². The molecule has 0 amide bonds. The maximum Gasteiger partial charge on any atom is 0.107 e. The molecule has 0 bridgehead atoms. The minimum absolute atomic E-state index is 0.677. The Labute approximate surface area is 87.0 Å². The lowest BCUT2D eigenvalue weighted by Crippen LogP contribution is -1.99. The minimum Gasteiger partial charge on any atom is -0.346 e. The van der Waals surface area contributed by atoms with Crippen molar-refractivity contribution >= 4 is 34.1 Å². The van der Waals surface area contributed by atoms with Crippen LogP contribution in [0.2, 0.25) is 0 Å². The fraction of sp³-hybridized carbons (Fsp3) is 0. The van der Waals surface area contributed by atoms with Gasteiger partial charge in [-0.3, -0.25) is 0 Å². The normalized spacial score (nSPS) is 13.6. The van der Waals surface area contributed by atoms with Crippen LogP contribution in [0.4, 0.5) is 5.69 Å². The number of hydrogen-bond acceptors (Lipinski definition) is 1. The molecule has 1 aliphatic rings. The van der Waals surface area contributed by atoms with Gasteiger partial charge >= 0.3 is 0 Å². The molecule has 2 aromatic rings. The van der Waals surface area contributed by atoms with E-state index in [-0.39, 0.29) is 0 Å². The first-order chi connectivity index (χ1) is 6.84. The van der Waals surface area contributed by atoms with Gasteiger partial charge in [-0.15, -0.1) is 0 Å². The predicted molar refractivity (Wildman–Crippen MR) is 61.4 cm³/mol. The summed E-state index contributed by atoms with van der Waals surface area (Å²) >= 11 is 5.98. The van der Waals surface area contributed by atoms with Crippen molar-refractivity contribution < 1.29 is 0 Å². The predicted octanol–water partition coefficient (Wildman–Crippen LogP) is 3.80. The van der Waals surface area contributed by atoms with E-state index >= 15 is 0 Å². The summed E-state index contributed by atoms with van der Waals surface area (Å²) in [6.45, 7) is 0. The Bertz CT molecular complexity index is 538.